The highest BCUT2D eigenvalue weighted by atomic mass is 32.2. The van der Waals surface area contributed by atoms with Crippen LogP contribution in [0.5, 0.6) is 0 Å². The molecule has 2 amide bonds. The fourth-order valence-corrected chi connectivity index (χ4v) is 5.86. The van der Waals surface area contributed by atoms with Crippen LogP contribution in [0.1, 0.15) is 25.8 Å². The molecule has 0 saturated carbocycles. The van der Waals surface area contributed by atoms with E-state index in [1.165, 1.54) is 4.57 Å². The van der Waals surface area contributed by atoms with E-state index in [1.54, 1.807) is 43.3 Å². The summed E-state index contributed by atoms with van der Waals surface area (Å²) in [6.07, 6.45) is 0.430. The Balaban J connectivity index is 1.56. The predicted molar refractivity (Wildman–Crippen MR) is 124 cm³/mol. The van der Waals surface area contributed by atoms with E-state index in [0.717, 1.165) is 0 Å². The van der Waals surface area contributed by atoms with Gasteiger partial charge in [0.15, 0.2) is 9.84 Å². The summed E-state index contributed by atoms with van der Waals surface area (Å²) in [5, 5.41) is 0.378. The van der Waals surface area contributed by atoms with Crippen molar-refractivity contribution in [3.8, 4) is 11.4 Å². The van der Waals surface area contributed by atoms with E-state index in [2.05, 4.69) is 15.8 Å². The van der Waals surface area contributed by atoms with E-state index in [9.17, 15) is 22.8 Å². The van der Waals surface area contributed by atoms with Gasteiger partial charge in [-0.3, -0.25) is 29.8 Å². The number of fused-ring (bicyclic) bond motifs is 1. The molecule has 2 N–H and O–H groups in total. The standard InChI is InChI=1S/C23H24N4O5S/c1-15(22(29)26-25-20(28)13-16-11-12-33(31,32)14-16)27-21(17-7-3-2-4-8-17)24-19-10-6-5-9-18(19)23(27)30/h2-10,15-16H,11-14H2,1H3,(H,25,28)(H,26,29)/t15-,16+/m1/s1. The quantitative estimate of drug-likeness (QED) is 0.548. The van der Waals surface area contributed by atoms with Crippen molar-refractivity contribution >= 4 is 32.6 Å². The van der Waals surface area contributed by atoms with Gasteiger partial charge in [0, 0.05) is 12.0 Å². The lowest BCUT2D eigenvalue weighted by Crippen LogP contribution is -2.46. The average molecular weight is 469 g/mol. The second kappa shape index (κ2) is 9.14. The van der Waals surface area contributed by atoms with Crippen LogP contribution in [0.3, 0.4) is 0 Å². The van der Waals surface area contributed by atoms with Gasteiger partial charge in [-0.05, 0) is 31.4 Å². The third-order valence-electron chi connectivity index (χ3n) is 5.73. The van der Waals surface area contributed by atoms with Gasteiger partial charge in [0.05, 0.1) is 22.4 Å². The summed E-state index contributed by atoms with van der Waals surface area (Å²) in [7, 11) is -3.09. The first kappa shape index (κ1) is 22.7. The van der Waals surface area contributed by atoms with Gasteiger partial charge in [-0.2, -0.15) is 0 Å². The molecule has 1 saturated heterocycles. The Kier molecular flexibility index (Phi) is 6.28. The second-order valence-corrected chi connectivity index (χ2v) is 10.4. The molecule has 2 aromatic carbocycles. The lowest BCUT2D eigenvalue weighted by atomic mass is 10.1. The smallest absolute Gasteiger partial charge is 0.262 e. The Morgan fingerprint density at radius 2 is 1.79 bits per heavy atom. The van der Waals surface area contributed by atoms with Gasteiger partial charge in [-0.15, -0.1) is 0 Å². The number of benzene rings is 2. The molecule has 4 rings (SSSR count). The molecule has 1 aliphatic rings. The minimum Gasteiger partial charge on any atom is -0.280 e. The highest BCUT2D eigenvalue weighted by Gasteiger charge is 2.30. The number of carbonyl (C=O) groups excluding carboxylic acids is 2. The summed E-state index contributed by atoms with van der Waals surface area (Å²) in [5.74, 6) is -0.952. The Labute approximate surface area is 190 Å². The van der Waals surface area contributed by atoms with Gasteiger partial charge in [-0.25, -0.2) is 13.4 Å². The van der Waals surface area contributed by atoms with Crippen molar-refractivity contribution in [1.82, 2.24) is 20.4 Å². The first-order chi connectivity index (χ1) is 15.7. The summed E-state index contributed by atoms with van der Waals surface area (Å²) in [4.78, 5) is 43.0. The molecular formula is C23H24N4O5S. The van der Waals surface area contributed by atoms with Crippen LogP contribution in [0, 0.1) is 5.92 Å². The van der Waals surface area contributed by atoms with E-state index >= 15 is 0 Å². The number of aromatic nitrogens is 2. The van der Waals surface area contributed by atoms with E-state index in [4.69, 9.17) is 0 Å². The summed E-state index contributed by atoms with van der Waals surface area (Å²) in [6.45, 7) is 1.55. The van der Waals surface area contributed by atoms with Crippen molar-refractivity contribution in [2.75, 3.05) is 11.5 Å². The number of nitrogens with one attached hydrogen (secondary N) is 2. The molecule has 0 radical (unpaired) electrons. The largest absolute Gasteiger partial charge is 0.280 e. The lowest BCUT2D eigenvalue weighted by molar-refractivity contribution is -0.130. The highest BCUT2D eigenvalue weighted by molar-refractivity contribution is 7.91. The molecule has 0 spiro atoms. The van der Waals surface area contributed by atoms with Crippen molar-refractivity contribution in [3.63, 3.8) is 0 Å². The van der Waals surface area contributed by atoms with Crippen molar-refractivity contribution in [1.29, 1.82) is 0 Å². The van der Waals surface area contributed by atoms with Crippen molar-refractivity contribution in [2.24, 2.45) is 5.92 Å². The molecule has 0 unspecified atom stereocenters. The molecule has 1 fully saturated rings. The molecule has 2 heterocycles. The minimum atomic E-state index is -3.09. The highest BCUT2D eigenvalue weighted by Crippen LogP contribution is 2.23. The zero-order valence-corrected chi connectivity index (χ0v) is 18.8. The third kappa shape index (κ3) is 4.95. The van der Waals surface area contributed by atoms with Crippen LogP contribution in [-0.2, 0) is 19.4 Å². The first-order valence-electron chi connectivity index (χ1n) is 10.6. The zero-order valence-electron chi connectivity index (χ0n) is 18.0. The Morgan fingerprint density at radius 3 is 2.48 bits per heavy atom. The summed E-state index contributed by atoms with van der Waals surface area (Å²) < 4.78 is 24.4. The molecule has 172 valence electrons. The van der Waals surface area contributed by atoms with Crippen molar-refractivity contribution in [3.05, 3.63) is 65.0 Å². The predicted octanol–water partition coefficient (Wildman–Crippen LogP) is 1.60. The van der Waals surface area contributed by atoms with Gasteiger partial charge in [0.2, 0.25) is 5.91 Å². The van der Waals surface area contributed by atoms with Crippen LogP contribution in [0.15, 0.2) is 59.4 Å². The normalized spacial score (nSPS) is 18.0. The van der Waals surface area contributed by atoms with E-state index in [0.29, 0.717) is 28.7 Å². The van der Waals surface area contributed by atoms with Gasteiger partial charge in [0.1, 0.15) is 11.9 Å². The molecule has 9 nitrogen and oxygen atoms in total. The fourth-order valence-electron chi connectivity index (χ4n) is 4.00. The molecule has 2 atom stereocenters. The number of hydrogen-bond acceptors (Lipinski definition) is 6. The van der Waals surface area contributed by atoms with E-state index in [1.807, 2.05) is 18.2 Å². The number of nitrogens with zero attached hydrogens (tertiary/aromatic N) is 2. The van der Waals surface area contributed by atoms with Crippen LogP contribution in [0.2, 0.25) is 0 Å². The van der Waals surface area contributed by atoms with Crippen molar-refractivity contribution < 1.29 is 18.0 Å². The molecule has 1 aromatic heterocycles. The Hall–Kier alpha value is -3.53. The lowest BCUT2D eigenvalue weighted by Gasteiger charge is -2.20. The topological polar surface area (TPSA) is 127 Å². The number of amides is 2. The molecular weight excluding hydrogens is 444 g/mol. The number of para-hydroxylation sites is 1. The maximum absolute atomic E-state index is 13.3. The summed E-state index contributed by atoms with van der Waals surface area (Å²) >= 11 is 0. The van der Waals surface area contributed by atoms with Gasteiger partial charge >= 0.3 is 0 Å². The van der Waals surface area contributed by atoms with Gasteiger partial charge in [0.25, 0.3) is 11.5 Å². The molecule has 33 heavy (non-hydrogen) atoms. The molecule has 10 heteroatoms. The van der Waals surface area contributed by atoms with Crippen LogP contribution in [-0.4, -0.2) is 41.3 Å². The monoisotopic (exact) mass is 468 g/mol. The Bertz CT molecular complexity index is 1370. The number of hydrogen-bond donors (Lipinski definition) is 2. The summed E-state index contributed by atoms with van der Waals surface area (Å²) in [6, 6.07) is 15.0. The number of hydrazine groups is 1. The van der Waals surface area contributed by atoms with Gasteiger partial charge < -0.3 is 0 Å². The first-order valence-corrected chi connectivity index (χ1v) is 12.4. The maximum atomic E-state index is 13.3. The number of sulfone groups is 1. The minimum absolute atomic E-state index is 0.000630. The molecule has 3 aromatic rings. The summed E-state index contributed by atoms with van der Waals surface area (Å²) in [5.41, 5.74) is 5.51. The maximum Gasteiger partial charge on any atom is 0.262 e. The number of rotatable bonds is 5. The van der Waals surface area contributed by atoms with Gasteiger partial charge in [-0.1, -0.05) is 42.5 Å². The molecule has 0 aliphatic carbocycles. The van der Waals surface area contributed by atoms with E-state index in [-0.39, 0.29) is 29.4 Å². The van der Waals surface area contributed by atoms with Crippen LogP contribution in [0.4, 0.5) is 0 Å². The van der Waals surface area contributed by atoms with E-state index < -0.39 is 27.7 Å². The van der Waals surface area contributed by atoms with Crippen molar-refractivity contribution in [2.45, 2.75) is 25.8 Å². The molecule has 0 bridgehead atoms. The average Bonchev–Trinajstić information content (AvgIpc) is 3.15. The van der Waals surface area contributed by atoms with Crippen LogP contribution >= 0.6 is 0 Å². The van der Waals surface area contributed by atoms with Crippen LogP contribution in [0.25, 0.3) is 22.3 Å². The fraction of sp³-hybridized carbons (Fsp3) is 0.304. The zero-order chi connectivity index (χ0) is 23.6. The van der Waals surface area contributed by atoms with Crippen LogP contribution < -0.4 is 16.4 Å². The second-order valence-electron chi connectivity index (χ2n) is 8.18. The Morgan fingerprint density at radius 1 is 1.09 bits per heavy atom. The number of carbonyl (C=O) groups is 2. The molecule has 1 aliphatic heterocycles. The SMILES string of the molecule is C[C@H](C(=O)NNC(=O)C[C@@H]1CCS(=O)(=O)C1)n1c(-c2ccccc2)nc2ccccc2c1=O. The third-order valence-corrected chi connectivity index (χ3v) is 7.57.